The normalized spacial score (nSPS) is 33.2. The summed E-state index contributed by atoms with van der Waals surface area (Å²) in [7, 11) is -3.80. The minimum atomic E-state index is -3.80. The molecule has 4 nitrogen and oxygen atoms in total. The summed E-state index contributed by atoms with van der Waals surface area (Å²) < 4.78 is 30.5. The third-order valence-electron chi connectivity index (χ3n) is 4.57. The van der Waals surface area contributed by atoms with E-state index >= 15 is 0 Å². The van der Waals surface area contributed by atoms with Crippen LogP contribution in [0.5, 0.6) is 0 Å². The van der Waals surface area contributed by atoms with Crippen LogP contribution in [0.3, 0.4) is 0 Å². The molecule has 0 saturated heterocycles. The standard InChI is InChI=1S/C16H24O4S/c1-11(2)14-8-7-12(3)9-15(14)20-21(18,19)16-6-4-5-13(16)10-17/h4-6,10-12,14-16H,7-9H2,1-3H3/t12-,14+,15-,16?/m1/s1. The predicted molar refractivity (Wildman–Crippen MR) is 82.2 cm³/mol. The Morgan fingerprint density at radius 1 is 1.33 bits per heavy atom. The first-order valence-electron chi connectivity index (χ1n) is 7.60. The number of hydrogen-bond donors (Lipinski definition) is 0. The Kier molecular flexibility index (Phi) is 5.04. The molecule has 1 fully saturated rings. The summed E-state index contributed by atoms with van der Waals surface area (Å²) in [5.74, 6) is 1.11. The summed E-state index contributed by atoms with van der Waals surface area (Å²) in [5, 5.41) is -0.944. The zero-order valence-electron chi connectivity index (χ0n) is 12.9. The Balaban J connectivity index is 2.16. The van der Waals surface area contributed by atoms with Crippen molar-refractivity contribution < 1.29 is 17.4 Å². The van der Waals surface area contributed by atoms with Gasteiger partial charge in [0.1, 0.15) is 11.5 Å². The Morgan fingerprint density at radius 3 is 2.67 bits per heavy atom. The van der Waals surface area contributed by atoms with Gasteiger partial charge in [-0.2, -0.15) is 8.42 Å². The first-order valence-corrected chi connectivity index (χ1v) is 9.08. The average molecular weight is 312 g/mol. The van der Waals surface area contributed by atoms with Crippen LogP contribution in [-0.2, 0) is 19.1 Å². The second kappa shape index (κ2) is 6.44. The zero-order chi connectivity index (χ0) is 15.6. The van der Waals surface area contributed by atoms with Crippen molar-refractivity contribution in [1.82, 2.24) is 0 Å². The van der Waals surface area contributed by atoms with E-state index in [1.54, 1.807) is 6.08 Å². The number of carbonyl (C=O) groups excluding carboxylic acids is 1. The Labute approximate surface area is 127 Å². The highest BCUT2D eigenvalue weighted by atomic mass is 32.2. The van der Waals surface area contributed by atoms with Crippen LogP contribution in [0.15, 0.2) is 23.8 Å². The largest absolute Gasteiger partial charge is 0.298 e. The Morgan fingerprint density at radius 2 is 2.05 bits per heavy atom. The maximum atomic E-state index is 12.5. The molecule has 0 heterocycles. The fourth-order valence-electron chi connectivity index (χ4n) is 3.30. The number of allylic oxidation sites excluding steroid dienone is 2. The van der Waals surface area contributed by atoms with E-state index in [2.05, 4.69) is 20.8 Å². The molecule has 118 valence electrons. The molecule has 0 N–H and O–H groups in total. The van der Waals surface area contributed by atoms with Crippen molar-refractivity contribution in [3.05, 3.63) is 23.8 Å². The topological polar surface area (TPSA) is 60.4 Å². The third kappa shape index (κ3) is 3.64. The zero-order valence-corrected chi connectivity index (χ0v) is 13.7. The fraction of sp³-hybridized carbons (Fsp3) is 0.688. The van der Waals surface area contributed by atoms with E-state index in [9.17, 15) is 13.2 Å². The molecule has 0 radical (unpaired) electrons. The van der Waals surface area contributed by atoms with Crippen molar-refractivity contribution in [3.63, 3.8) is 0 Å². The van der Waals surface area contributed by atoms with Gasteiger partial charge in [0.05, 0.1) is 6.10 Å². The van der Waals surface area contributed by atoms with E-state index in [-0.39, 0.29) is 17.6 Å². The van der Waals surface area contributed by atoms with Crippen molar-refractivity contribution in [2.24, 2.45) is 17.8 Å². The van der Waals surface area contributed by atoms with E-state index < -0.39 is 15.4 Å². The van der Waals surface area contributed by atoms with Crippen LogP contribution in [0, 0.1) is 17.8 Å². The molecule has 1 saturated carbocycles. The molecule has 2 aliphatic carbocycles. The highest BCUT2D eigenvalue weighted by molar-refractivity contribution is 7.87. The van der Waals surface area contributed by atoms with Gasteiger partial charge in [-0.3, -0.25) is 8.98 Å². The molecule has 2 aliphatic rings. The molecular formula is C16H24O4S. The van der Waals surface area contributed by atoms with Gasteiger partial charge in [-0.15, -0.1) is 0 Å². The van der Waals surface area contributed by atoms with E-state index in [1.165, 1.54) is 12.2 Å². The predicted octanol–water partition coefficient (Wildman–Crippen LogP) is 2.86. The van der Waals surface area contributed by atoms with Crippen molar-refractivity contribution in [3.8, 4) is 0 Å². The fourth-order valence-corrected chi connectivity index (χ4v) is 4.74. The van der Waals surface area contributed by atoms with Crippen molar-refractivity contribution in [2.75, 3.05) is 0 Å². The maximum absolute atomic E-state index is 12.5. The minimum absolute atomic E-state index is 0.250. The SMILES string of the molecule is CC(C)[C@@H]1CC[C@@H](C)C[C@H]1OS(=O)(=O)C1C=CC=C1C=O. The maximum Gasteiger partial charge on any atom is 0.278 e. The van der Waals surface area contributed by atoms with Crippen molar-refractivity contribution in [1.29, 1.82) is 0 Å². The number of carbonyl (C=O) groups is 1. The highest BCUT2D eigenvalue weighted by Crippen LogP contribution is 2.37. The molecule has 0 spiro atoms. The summed E-state index contributed by atoms with van der Waals surface area (Å²) in [6.45, 7) is 6.34. The molecule has 0 aromatic carbocycles. The molecule has 21 heavy (non-hydrogen) atoms. The number of aldehydes is 1. The Hall–Kier alpha value is -0.940. The monoisotopic (exact) mass is 312 g/mol. The van der Waals surface area contributed by atoms with E-state index in [0.29, 0.717) is 18.1 Å². The summed E-state index contributed by atoms with van der Waals surface area (Å²) in [6, 6.07) is 0. The van der Waals surface area contributed by atoms with Gasteiger partial charge >= 0.3 is 0 Å². The van der Waals surface area contributed by atoms with Crippen LogP contribution in [0.2, 0.25) is 0 Å². The first kappa shape index (κ1) is 16.4. The molecule has 0 amide bonds. The summed E-state index contributed by atoms with van der Waals surface area (Å²) in [5.41, 5.74) is 0.250. The van der Waals surface area contributed by atoms with Crippen LogP contribution in [0.25, 0.3) is 0 Å². The number of hydrogen-bond acceptors (Lipinski definition) is 4. The molecule has 0 aromatic heterocycles. The summed E-state index contributed by atoms with van der Waals surface area (Å²) >= 11 is 0. The summed E-state index contributed by atoms with van der Waals surface area (Å²) in [4.78, 5) is 11.0. The van der Waals surface area contributed by atoms with Gasteiger partial charge in [-0.05, 0) is 30.6 Å². The molecule has 4 atom stereocenters. The second-order valence-corrected chi connectivity index (χ2v) is 8.23. The van der Waals surface area contributed by atoms with Crippen LogP contribution in [0.4, 0.5) is 0 Å². The summed E-state index contributed by atoms with van der Waals surface area (Å²) in [6.07, 6.45) is 7.83. The smallest absolute Gasteiger partial charge is 0.278 e. The third-order valence-corrected chi connectivity index (χ3v) is 6.14. The molecular weight excluding hydrogens is 288 g/mol. The molecule has 0 bridgehead atoms. The van der Waals surface area contributed by atoms with Crippen molar-refractivity contribution >= 4 is 16.4 Å². The lowest BCUT2D eigenvalue weighted by atomic mass is 9.75. The van der Waals surface area contributed by atoms with Gasteiger partial charge in [-0.1, -0.05) is 45.4 Å². The first-order chi connectivity index (χ1) is 9.85. The molecule has 0 aromatic rings. The minimum Gasteiger partial charge on any atom is -0.298 e. The average Bonchev–Trinajstić information content (AvgIpc) is 2.87. The van der Waals surface area contributed by atoms with Crippen LogP contribution >= 0.6 is 0 Å². The molecule has 0 aliphatic heterocycles. The number of rotatable bonds is 5. The van der Waals surface area contributed by atoms with E-state index in [0.717, 1.165) is 19.3 Å². The lowest BCUT2D eigenvalue weighted by Gasteiger charge is -2.36. The van der Waals surface area contributed by atoms with Gasteiger partial charge in [-0.25, -0.2) is 0 Å². The second-order valence-electron chi connectivity index (χ2n) is 6.54. The Bertz CT molecular complexity index is 545. The van der Waals surface area contributed by atoms with Crippen molar-refractivity contribution in [2.45, 2.75) is 51.4 Å². The van der Waals surface area contributed by atoms with Crippen LogP contribution in [0.1, 0.15) is 40.0 Å². The van der Waals surface area contributed by atoms with Gasteiger partial charge in [0.15, 0.2) is 0 Å². The van der Waals surface area contributed by atoms with Gasteiger partial charge in [0, 0.05) is 5.57 Å². The molecule has 2 rings (SSSR count). The highest BCUT2D eigenvalue weighted by Gasteiger charge is 2.38. The molecule has 1 unspecified atom stereocenters. The lowest BCUT2D eigenvalue weighted by molar-refractivity contribution is -0.104. The van der Waals surface area contributed by atoms with E-state index in [1.807, 2.05) is 0 Å². The molecule has 5 heteroatoms. The van der Waals surface area contributed by atoms with Gasteiger partial charge < -0.3 is 0 Å². The van der Waals surface area contributed by atoms with Crippen LogP contribution < -0.4 is 0 Å². The quantitative estimate of drug-likeness (QED) is 0.578. The van der Waals surface area contributed by atoms with Gasteiger partial charge in [0.2, 0.25) is 0 Å². The van der Waals surface area contributed by atoms with Crippen LogP contribution in [-0.4, -0.2) is 26.1 Å². The van der Waals surface area contributed by atoms with E-state index in [4.69, 9.17) is 4.18 Å². The van der Waals surface area contributed by atoms with Gasteiger partial charge in [0.25, 0.3) is 10.1 Å². The lowest BCUT2D eigenvalue weighted by Crippen LogP contribution is -2.38.